The number of ether oxygens (including phenoxy) is 1. The molecule has 1 aliphatic rings. The number of hydrogen-bond donors (Lipinski definition) is 1. The van der Waals surface area contributed by atoms with E-state index < -0.39 is 0 Å². The SMILES string of the molecule is CC(C)Oc1ccc2c(c1)C(c1ccnc(NC(=O)c3ccccn3)c1)=NC2. The van der Waals surface area contributed by atoms with E-state index in [1.165, 1.54) is 0 Å². The highest BCUT2D eigenvalue weighted by Crippen LogP contribution is 2.28. The van der Waals surface area contributed by atoms with Gasteiger partial charge in [0.15, 0.2) is 0 Å². The fourth-order valence-corrected chi connectivity index (χ4v) is 3.08. The Morgan fingerprint density at radius 3 is 2.75 bits per heavy atom. The molecular formula is C22H20N4O2. The summed E-state index contributed by atoms with van der Waals surface area (Å²) in [5.74, 6) is 0.978. The van der Waals surface area contributed by atoms with E-state index in [2.05, 4.69) is 26.3 Å². The standard InChI is InChI=1S/C22H20N4O2/c1-14(2)28-17-7-6-16-13-25-21(18(16)12-17)15-8-10-24-20(11-15)26-22(27)19-5-3-4-9-23-19/h3-12,14H,13H2,1-2H3,(H,24,26,27). The molecule has 1 aliphatic heterocycles. The quantitative estimate of drug-likeness (QED) is 0.738. The van der Waals surface area contributed by atoms with Gasteiger partial charge in [-0.05, 0) is 55.8 Å². The highest BCUT2D eigenvalue weighted by molar-refractivity contribution is 6.15. The third-order valence-electron chi connectivity index (χ3n) is 4.29. The lowest BCUT2D eigenvalue weighted by Gasteiger charge is -2.12. The molecule has 0 bridgehead atoms. The van der Waals surface area contributed by atoms with Gasteiger partial charge in [-0.25, -0.2) is 4.98 Å². The normalized spacial score (nSPS) is 12.5. The first-order valence-electron chi connectivity index (χ1n) is 9.13. The number of pyridine rings is 2. The topological polar surface area (TPSA) is 76.5 Å². The van der Waals surface area contributed by atoms with Gasteiger partial charge in [-0.15, -0.1) is 0 Å². The Labute approximate surface area is 163 Å². The molecule has 0 fully saturated rings. The van der Waals surface area contributed by atoms with Crippen molar-refractivity contribution in [2.24, 2.45) is 4.99 Å². The molecule has 3 heterocycles. The number of aromatic nitrogens is 2. The summed E-state index contributed by atoms with van der Waals surface area (Å²) in [7, 11) is 0. The van der Waals surface area contributed by atoms with Crippen LogP contribution in [0.5, 0.6) is 5.75 Å². The molecule has 4 rings (SSSR count). The molecule has 1 amide bonds. The molecule has 1 aromatic carbocycles. The molecule has 140 valence electrons. The first-order chi connectivity index (χ1) is 13.6. The number of benzene rings is 1. The minimum atomic E-state index is -0.299. The Morgan fingerprint density at radius 1 is 1.07 bits per heavy atom. The van der Waals surface area contributed by atoms with Gasteiger partial charge in [0.2, 0.25) is 0 Å². The van der Waals surface area contributed by atoms with Crippen LogP contribution in [0.1, 0.15) is 41.0 Å². The summed E-state index contributed by atoms with van der Waals surface area (Å²) >= 11 is 0. The maximum absolute atomic E-state index is 12.3. The number of hydrogen-bond acceptors (Lipinski definition) is 5. The molecule has 0 saturated heterocycles. The summed E-state index contributed by atoms with van der Waals surface area (Å²) in [6, 6.07) is 15.0. The van der Waals surface area contributed by atoms with Crippen molar-refractivity contribution in [2.75, 3.05) is 5.32 Å². The lowest BCUT2D eigenvalue weighted by atomic mass is 10.0. The van der Waals surface area contributed by atoms with E-state index >= 15 is 0 Å². The highest BCUT2D eigenvalue weighted by Gasteiger charge is 2.19. The summed E-state index contributed by atoms with van der Waals surface area (Å²) in [4.78, 5) is 25.3. The Balaban J connectivity index is 1.59. The lowest BCUT2D eigenvalue weighted by Crippen LogP contribution is -2.15. The average molecular weight is 372 g/mol. The first-order valence-corrected chi connectivity index (χ1v) is 9.13. The van der Waals surface area contributed by atoms with Crippen LogP contribution in [0.3, 0.4) is 0 Å². The molecule has 3 aromatic rings. The zero-order valence-corrected chi connectivity index (χ0v) is 15.7. The van der Waals surface area contributed by atoms with E-state index in [1.54, 1.807) is 30.6 Å². The van der Waals surface area contributed by atoms with Crippen LogP contribution in [0.25, 0.3) is 0 Å². The first kappa shape index (κ1) is 17.9. The van der Waals surface area contributed by atoms with Crippen LogP contribution in [0, 0.1) is 0 Å². The van der Waals surface area contributed by atoms with E-state index in [0.717, 1.165) is 28.2 Å². The van der Waals surface area contributed by atoms with E-state index in [1.807, 2.05) is 38.1 Å². The fraction of sp³-hybridized carbons (Fsp3) is 0.182. The molecular weight excluding hydrogens is 352 g/mol. The molecule has 0 spiro atoms. The van der Waals surface area contributed by atoms with Crippen LogP contribution >= 0.6 is 0 Å². The van der Waals surface area contributed by atoms with Gasteiger partial charge in [-0.1, -0.05) is 12.1 Å². The minimum Gasteiger partial charge on any atom is -0.491 e. The second-order valence-electron chi connectivity index (χ2n) is 6.75. The summed E-state index contributed by atoms with van der Waals surface area (Å²) < 4.78 is 5.82. The number of aliphatic imine (C=N–C) groups is 1. The lowest BCUT2D eigenvalue weighted by molar-refractivity contribution is 0.102. The number of rotatable bonds is 5. The predicted molar refractivity (Wildman–Crippen MR) is 108 cm³/mol. The van der Waals surface area contributed by atoms with Gasteiger partial charge < -0.3 is 10.1 Å². The van der Waals surface area contributed by atoms with Crippen molar-refractivity contribution in [1.29, 1.82) is 0 Å². The summed E-state index contributed by atoms with van der Waals surface area (Å²) in [5, 5.41) is 2.79. The van der Waals surface area contributed by atoms with Gasteiger partial charge in [-0.3, -0.25) is 14.8 Å². The number of amides is 1. The molecule has 0 aliphatic carbocycles. The molecule has 0 atom stereocenters. The second-order valence-corrected chi connectivity index (χ2v) is 6.75. The van der Waals surface area contributed by atoms with Gasteiger partial charge in [0, 0.05) is 23.5 Å². The maximum atomic E-state index is 12.3. The van der Waals surface area contributed by atoms with Crippen LogP contribution in [0.15, 0.2) is 65.9 Å². The number of anilines is 1. The van der Waals surface area contributed by atoms with Crippen molar-refractivity contribution >= 4 is 17.4 Å². The van der Waals surface area contributed by atoms with Gasteiger partial charge in [0.1, 0.15) is 17.3 Å². The molecule has 0 unspecified atom stereocenters. The van der Waals surface area contributed by atoms with Gasteiger partial charge in [0.05, 0.1) is 18.4 Å². The van der Waals surface area contributed by atoms with Crippen LogP contribution in [0.2, 0.25) is 0 Å². The average Bonchev–Trinajstić information content (AvgIpc) is 3.11. The van der Waals surface area contributed by atoms with Crippen molar-refractivity contribution in [2.45, 2.75) is 26.5 Å². The Hall–Kier alpha value is -3.54. The summed E-state index contributed by atoms with van der Waals surface area (Å²) in [5.41, 5.74) is 4.31. The Morgan fingerprint density at radius 2 is 1.96 bits per heavy atom. The highest BCUT2D eigenvalue weighted by atomic mass is 16.5. The van der Waals surface area contributed by atoms with E-state index in [-0.39, 0.29) is 12.0 Å². The molecule has 0 saturated carbocycles. The Kier molecular flexibility index (Phi) is 4.85. The van der Waals surface area contributed by atoms with Crippen LogP contribution in [-0.2, 0) is 6.54 Å². The molecule has 1 N–H and O–H groups in total. The van der Waals surface area contributed by atoms with Crippen molar-refractivity contribution in [3.05, 3.63) is 83.3 Å². The summed E-state index contributed by atoms with van der Waals surface area (Å²) in [6.07, 6.45) is 3.35. The van der Waals surface area contributed by atoms with E-state index in [9.17, 15) is 4.79 Å². The van der Waals surface area contributed by atoms with E-state index in [4.69, 9.17) is 4.74 Å². The van der Waals surface area contributed by atoms with Crippen molar-refractivity contribution in [3.63, 3.8) is 0 Å². The minimum absolute atomic E-state index is 0.106. The van der Waals surface area contributed by atoms with Crippen molar-refractivity contribution in [1.82, 2.24) is 9.97 Å². The maximum Gasteiger partial charge on any atom is 0.275 e. The third kappa shape index (κ3) is 3.76. The number of nitrogens with zero attached hydrogens (tertiary/aromatic N) is 3. The van der Waals surface area contributed by atoms with Gasteiger partial charge >= 0.3 is 0 Å². The van der Waals surface area contributed by atoms with Crippen LogP contribution in [-0.4, -0.2) is 27.7 Å². The number of carbonyl (C=O) groups is 1. The van der Waals surface area contributed by atoms with E-state index in [0.29, 0.717) is 18.1 Å². The third-order valence-corrected chi connectivity index (χ3v) is 4.29. The zero-order valence-electron chi connectivity index (χ0n) is 15.7. The largest absolute Gasteiger partial charge is 0.491 e. The molecule has 28 heavy (non-hydrogen) atoms. The number of nitrogens with one attached hydrogen (secondary N) is 1. The van der Waals surface area contributed by atoms with Crippen LogP contribution in [0.4, 0.5) is 5.82 Å². The van der Waals surface area contributed by atoms with Gasteiger partial charge in [-0.2, -0.15) is 0 Å². The zero-order chi connectivity index (χ0) is 19.5. The second kappa shape index (κ2) is 7.60. The summed E-state index contributed by atoms with van der Waals surface area (Å²) in [6.45, 7) is 4.63. The fourth-order valence-electron chi connectivity index (χ4n) is 3.08. The monoisotopic (exact) mass is 372 g/mol. The van der Waals surface area contributed by atoms with Crippen molar-refractivity contribution in [3.8, 4) is 5.75 Å². The van der Waals surface area contributed by atoms with Crippen LogP contribution < -0.4 is 10.1 Å². The molecule has 6 heteroatoms. The molecule has 0 radical (unpaired) electrons. The van der Waals surface area contributed by atoms with Crippen molar-refractivity contribution < 1.29 is 9.53 Å². The smallest absolute Gasteiger partial charge is 0.275 e. The molecule has 6 nitrogen and oxygen atoms in total. The number of fused-ring (bicyclic) bond motifs is 1. The number of carbonyl (C=O) groups excluding carboxylic acids is 1. The predicted octanol–water partition coefficient (Wildman–Crippen LogP) is 3.87. The Bertz CT molecular complexity index is 1050. The van der Waals surface area contributed by atoms with Gasteiger partial charge in [0.25, 0.3) is 5.91 Å². The molecule has 2 aromatic heterocycles.